The third kappa shape index (κ3) is 3.93. The highest BCUT2D eigenvalue weighted by Gasteiger charge is 2.27. The number of hydrogen-bond acceptors (Lipinski definition) is 5. The first-order valence-corrected chi connectivity index (χ1v) is 9.98. The quantitative estimate of drug-likeness (QED) is 0.458. The van der Waals surface area contributed by atoms with Gasteiger partial charge in [0, 0.05) is 10.6 Å². The molecule has 2 atom stereocenters. The minimum Gasteiger partial charge on any atom is -0.465 e. The molecule has 0 aliphatic carbocycles. The van der Waals surface area contributed by atoms with E-state index in [4.69, 9.17) is 4.74 Å². The highest BCUT2D eigenvalue weighted by molar-refractivity contribution is 7.10. The van der Waals surface area contributed by atoms with Crippen molar-refractivity contribution in [1.82, 2.24) is 10.3 Å². The Morgan fingerprint density at radius 1 is 1.11 bits per heavy atom. The van der Waals surface area contributed by atoms with Crippen LogP contribution in [0.3, 0.4) is 0 Å². The van der Waals surface area contributed by atoms with Gasteiger partial charge in [0.2, 0.25) is 0 Å². The van der Waals surface area contributed by atoms with E-state index in [1.54, 1.807) is 25.2 Å². The Morgan fingerprint density at radius 3 is 2.43 bits per heavy atom. The van der Waals surface area contributed by atoms with Crippen molar-refractivity contribution >= 4 is 23.1 Å². The number of ketones is 1. The van der Waals surface area contributed by atoms with E-state index < -0.39 is 12.0 Å². The zero-order valence-corrected chi connectivity index (χ0v) is 17.2. The number of aromatic amines is 1. The van der Waals surface area contributed by atoms with Crippen molar-refractivity contribution < 1.29 is 14.3 Å². The van der Waals surface area contributed by atoms with E-state index in [1.165, 1.54) is 7.11 Å². The van der Waals surface area contributed by atoms with Crippen LogP contribution in [0.4, 0.5) is 0 Å². The Bertz CT molecular complexity index is 961. The summed E-state index contributed by atoms with van der Waals surface area (Å²) in [6.07, 6.45) is 0. The van der Waals surface area contributed by atoms with Gasteiger partial charge in [-0.25, -0.2) is 4.79 Å². The summed E-state index contributed by atoms with van der Waals surface area (Å²) in [6.45, 7) is 5.38. The Balaban J connectivity index is 1.88. The van der Waals surface area contributed by atoms with Gasteiger partial charge < -0.3 is 9.72 Å². The van der Waals surface area contributed by atoms with Crippen LogP contribution in [0.1, 0.15) is 55.5 Å². The van der Waals surface area contributed by atoms with Crippen molar-refractivity contribution in [3.8, 4) is 0 Å². The maximum atomic E-state index is 13.1. The molecule has 1 aromatic carbocycles. The van der Waals surface area contributed by atoms with E-state index in [9.17, 15) is 9.59 Å². The minimum absolute atomic E-state index is 0.0865. The van der Waals surface area contributed by atoms with Gasteiger partial charge in [-0.05, 0) is 43.3 Å². The Kier molecular flexibility index (Phi) is 6.11. The van der Waals surface area contributed by atoms with Crippen molar-refractivity contribution in [2.75, 3.05) is 7.11 Å². The molecule has 28 heavy (non-hydrogen) atoms. The first-order valence-electron chi connectivity index (χ1n) is 9.10. The molecule has 0 saturated carbocycles. The summed E-state index contributed by atoms with van der Waals surface area (Å²) in [4.78, 5) is 29.4. The van der Waals surface area contributed by atoms with Crippen LogP contribution in [0.15, 0.2) is 47.8 Å². The van der Waals surface area contributed by atoms with Gasteiger partial charge in [-0.3, -0.25) is 10.1 Å². The van der Waals surface area contributed by atoms with Crippen LogP contribution in [-0.2, 0) is 4.74 Å². The third-order valence-electron chi connectivity index (χ3n) is 4.84. The number of nitrogens with one attached hydrogen (secondary N) is 2. The number of esters is 1. The highest BCUT2D eigenvalue weighted by Crippen LogP contribution is 2.27. The number of Topliss-reactive ketones (excluding diaryl/α,β-unsaturated/α-hetero) is 1. The average molecular weight is 397 g/mol. The van der Waals surface area contributed by atoms with Gasteiger partial charge in [-0.15, -0.1) is 11.3 Å². The number of rotatable bonds is 7. The number of H-pyrrole nitrogens is 1. The van der Waals surface area contributed by atoms with Crippen molar-refractivity contribution in [1.29, 1.82) is 0 Å². The molecule has 0 aliphatic heterocycles. The molecule has 0 fully saturated rings. The molecule has 2 aromatic heterocycles. The second-order valence-electron chi connectivity index (χ2n) is 6.73. The molecule has 2 N–H and O–H groups in total. The van der Waals surface area contributed by atoms with Crippen molar-refractivity contribution in [3.05, 3.63) is 80.8 Å². The summed E-state index contributed by atoms with van der Waals surface area (Å²) in [6, 6.07) is 13.6. The number of carbonyl (C=O) groups excluding carboxylic acids is 2. The number of aromatic nitrogens is 1. The normalized spacial score (nSPS) is 13.1. The molecule has 3 rings (SSSR count). The van der Waals surface area contributed by atoms with Gasteiger partial charge in [0.05, 0.1) is 30.5 Å². The molecule has 2 heterocycles. The molecule has 5 nitrogen and oxygen atoms in total. The number of ether oxygens (including phenoxy) is 1. The van der Waals surface area contributed by atoms with E-state index in [0.717, 1.165) is 10.4 Å². The van der Waals surface area contributed by atoms with Crippen molar-refractivity contribution in [2.45, 2.75) is 32.9 Å². The highest BCUT2D eigenvalue weighted by atomic mass is 32.1. The maximum absolute atomic E-state index is 13.1. The Morgan fingerprint density at radius 2 is 1.82 bits per heavy atom. The van der Waals surface area contributed by atoms with Crippen LogP contribution in [0.5, 0.6) is 0 Å². The smallest absolute Gasteiger partial charge is 0.339 e. The first kappa shape index (κ1) is 20.0. The molecule has 0 spiro atoms. The molecule has 0 radical (unpaired) electrons. The summed E-state index contributed by atoms with van der Waals surface area (Å²) in [5.74, 6) is -0.528. The van der Waals surface area contributed by atoms with Gasteiger partial charge in [-0.2, -0.15) is 0 Å². The van der Waals surface area contributed by atoms with Gasteiger partial charge >= 0.3 is 5.97 Å². The first-order chi connectivity index (χ1) is 13.4. The van der Waals surface area contributed by atoms with Crippen LogP contribution in [0.25, 0.3) is 0 Å². The predicted molar refractivity (Wildman–Crippen MR) is 111 cm³/mol. The summed E-state index contributed by atoms with van der Waals surface area (Å²) >= 11 is 1.65. The van der Waals surface area contributed by atoms with Gasteiger partial charge in [0.1, 0.15) is 0 Å². The molecule has 6 heteroatoms. The molecule has 3 aromatic rings. The SMILES string of the molecule is COC(=O)c1c(C)[nH]c(C(=O)[C@H](C)N[C@H](c2ccccc2)c2cccs2)c1C. The van der Waals surface area contributed by atoms with Gasteiger partial charge in [0.15, 0.2) is 5.78 Å². The van der Waals surface area contributed by atoms with E-state index >= 15 is 0 Å². The van der Waals surface area contributed by atoms with Gasteiger partial charge in [0.25, 0.3) is 0 Å². The fourth-order valence-corrected chi connectivity index (χ4v) is 4.20. The van der Waals surface area contributed by atoms with Crippen LogP contribution in [0, 0.1) is 13.8 Å². The molecule has 0 aliphatic rings. The number of aryl methyl sites for hydroxylation is 1. The maximum Gasteiger partial charge on any atom is 0.339 e. The van der Waals surface area contributed by atoms with E-state index in [2.05, 4.69) is 16.4 Å². The van der Waals surface area contributed by atoms with Crippen molar-refractivity contribution in [2.24, 2.45) is 0 Å². The van der Waals surface area contributed by atoms with Crippen LogP contribution >= 0.6 is 11.3 Å². The lowest BCUT2D eigenvalue weighted by atomic mass is 10.0. The fraction of sp³-hybridized carbons (Fsp3) is 0.273. The topological polar surface area (TPSA) is 71.2 Å². The Hall–Kier alpha value is -2.70. The predicted octanol–water partition coefficient (Wildman–Crippen LogP) is 4.43. The fourth-order valence-electron chi connectivity index (χ4n) is 3.39. The molecule has 0 amide bonds. The molecule has 0 unspecified atom stereocenters. The monoisotopic (exact) mass is 396 g/mol. The lowest BCUT2D eigenvalue weighted by Crippen LogP contribution is -2.37. The van der Waals surface area contributed by atoms with E-state index in [1.807, 2.05) is 48.7 Å². The molecular weight excluding hydrogens is 372 g/mol. The zero-order chi connectivity index (χ0) is 20.3. The third-order valence-corrected chi connectivity index (χ3v) is 5.78. The largest absolute Gasteiger partial charge is 0.465 e. The number of hydrogen-bond donors (Lipinski definition) is 2. The minimum atomic E-state index is -0.449. The van der Waals surface area contributed by atoms with Crippen molar-refractivity contribution in [3.63, 3.8) is 0 Å². The number of methoxy groups -OCH3 is 1. The second-order valence-corrected chi connectivity index (χ2v) is 7.71. The van der Waals surface area contributed by atoms with Gasteiger partial charge in [-0.1, -0.05) is 36.4 Å². The lowest BCUT2D eigenvalue weighted by Gasteiger charge is -2.22. The van der Waals surface area contributed by atoms with E-state index in [-0.39, 0.29) is 11.8 Å². The summed E-state index contributed by atoms with van der Waals surface area (Å²) in [7, 11) is 1.34. The molecule has 0 bridgehead atoms. The number of thiophene rings is 1. The lowest BCUT2D eigenvalue weighted by molar-refractivity contribution is 0.0599. The molecular formula is C22H24N2O3S. The van der Waals surface area contributed by atoms with E-state index in [0.29, 0.717) is 22.5 Å². The molecule has 0 saturated heterocycles. The number of benzene rings is 1. The van der Waals surface area contributed by atoms with Crippen LogP contribution in [0.2, 0.25) is 0 Å². The summed E-state index contributed by atoms with van der Waals surface area (Å²) in [5.41, 5.74) is 3.22. The van der Waals surface area contributed by atoms with Crippen LogP contribution in [-0.4, -0.2) is 29.9 Å². The molecule has 146 valence electrons. The Labute approximate surface area is 168 Å². The average Bonchev–Trinajstić information content (AvgIpc) is 3.33. The number of carbonyl (C=O) groups is 2. The zero-order valence-electron chi connectivity index (χ0n) is 16.4. The summed E-state index contributed by atoms with van der Waals surface area (Å²) < 4.78 is 4.84. The standard InChI is InChI=1S/C22H24N2O3S/c1-13-18(22(26)27-4)14(2)23-19(13)21(25)15(3)24-20(17-11-8-12-28-17)16-9-6-5-7-10-16/h5-12,15,20,23-24H,1-4H3/t15-,20+/m0/s1. The second kappa shape index (κ2) is 8.54. The summed E-state index contributed by atoms with van der Waals surface area (Å²) in [5, 5.41) is 5.49. The van der Waals surface area contributed by atoms with Crippen LogP contribution < -0.4 is 5.32 Å².